The fourth-order valence-electron chi connectivity index (χ4n) is 2.39. The van der Waals surface area contributed by atoms with Gasteiger partial charge in [0.1, 0.15) is 12.4 Å². The number of nitrogens with one attached hydrogen (secondary N) is 1. The third kappa shape index (κ3) is 5.24. The number of para-hydroxylation sites is 1. The van der Waals surface area contributed by atoms with Crippen molar-refractivity contribution in [2.75, 3.05) is 13.2 Å². The van der Waals surface area contributed by atoms with Crippen LogP contribution in [-0.4, -0.2) is 13.2 Å². The summed E-state index contributed by atoms with van der Waals surface area (Å²) >= 11 is 0. The van der Waals surface area contributed by atoms with Gasteiger partial charge in [-0.15, -0.1) is 0 Å². The van der Waals surface area contributed by atoms with E-state index in [0.717, 1.165) is 12.1 Å². The minimum atomic E-state index is -0.258. The fraction of sp³-hybridized carbons (Fsp3) is 0.400. The lowest BCUT2D eigenvalue weighted by atomic mass is 10.1. The molecule has 0 unspecified atom stereocenters. The fourth-order valence-corrected chi connectivity index (χ4v) is 2.39. The molecule has 2 aromatic carbocycles. The van der Waals surface area contributed by atoms with Crippen LogP contribution < -0.4 is 14.8 Å². The summed E-state index contributed by atoms with van der Waals surface area (Å²) in [4.78, 5) is 0. The van der Waals surface area contributed by atoms with Crippen molar-refractivity contribution in [3.63, 3.8) is 0 Å². The average Bonchev–Trinajstić information content (AvgIpc) is 2.55. The molecule has 0 aromatic heterocycles. The molecule has 3 nitrogen and oxygen atoms in total. The van der Waals surface area contributed by atoms with Gasteiger partial charge in [-0.25, -0.2) is 4.39 Å². The van der Waals surface area contributed by atoms with E-state index in [1.165, 1.54) is 6.07 Å². The summed E-state index contributed by atoms with van der Waals surface area (Å²) in [5, 5.41) is 3.41. The summed E-state index contributed by atoms with van der Waals surface area (Å²) in [6.45, 7) is 8.60. The van der Waals surface area contributed by atoms with Crippen molar-refractivity contribution in [3.05, 3.63) is 59.4 Å². The Bertz CT molecular complexity index is 643. The molecule has 0 saturated carbocycles. The van der Waals surface area contributed by atoms with Crippen molar-refractivity contribution in [1.29, 1.82) is 0 Å². The molecule has 0 heterocycles. The number of ether oxygens (including phenoxy) is 2. The first-order valence-electron chi connectivity index (χ1n) is 8.43. The molecule has 2 aromatic rings. The molecule has 0 atom stereocenters. The highest BCUT2D eigenvalue weighted by atomic mass is 19.1. The Morgan fingerprint density at radius 2 is 1.75 bits per heavy atom. The van der Waals surface area contributed by atoms with E-state index in [4.69, 9.17) is 9.47 Å². The Labute approximate surface area is 143 Å². The van der Waals surface area contributed by atoms with Crippen molar-refractivity contribution < 1.29 is 13.9 Å². The van der Waals surface area contributed by atoms with Gasteiger partial charge in [-0.05, 0) is 31.5 Å². The van der Waals surface area contributed by atoms with Crippen LogP contribution in [0.15, 0.2) is 42.5 Å². The zero-order valence-corrected chi connectivity index (χ0v) is 14.6. The summed E-state index contributed by atoms with van der Waals surface area (Å²) in [7, 11) is 0. The Morgan fingerprint density at radius 3 is 2.46 bits per heavy atom. The maximum absolute atomic E-state index is 13.8. The smallest absolute Gasteiger partial charge is 0.166 e. The Hall–Kier alpha value is -2.07. The zero-order valence-electron chi connectivity index (χ0n) is 14.6. The molecule has 0 amide bonds. The van der Waals surface area contributed by atoms with Crippen LogP contribution in [0.1, 0.15) is 31.9 Å². The summed E-state index contributed by atoms with van der Waals surface area (Å²) in [5.41, 5.74) is 1.54. The minimum absolute atomic E-state index is 0.175. The molecule has 0 aliphatic rings. The highest BCUT2D eigenvalue weighted by molar-refractivity contribution is 5.46. The van der Waals surface area contributed by atoms with Crippen molar-refractivity contribution in [2.45, 2.75) is 33.9 Å². The number of hydrogen-bond acceptors (Lipinski definition) is 3. The van der Waals surface area contributed by atoms with E-state index in [2.05, 4.69) is 19.2 Å². The van der Waals surface area contributed by atoms with Crippen LogP contribution in [0.4, 0.5) is 4.39 Å². The first-order valence-corrected chi connectivity index (χ1v) is 8.43. The lowest BCUT2D eigenvalue weighted by Crippen LogP contribution is -2.19. The van der Waals surface area contributed by atoms with Crippen LogP contribution in [0, 0.1) is 11.7 Å². The zero-order chi connectivity index (χ0) is 17.4. The summed E-state index contributed by atoms with van der Waals surface area (Å²) in [6.07, 6.45) is 0. The second-order valence-electron chi connectivity index (χ2n) is 6.08. The molecule has 24 heavy (non-hydrogen) atoms. The van der Waals surface area contributed by atoms with Gasteiger partial charge in [-0.2, -0.15) is 0 Å². The Balaban J connectivity index is 2.16. The highest BCUT2D eigenvalue weighted by Gasteiger charge is 2.12. The van der Waals surface area contributed by atoms with Crippen molar-refractivity contribution in [3.8, 4) is 11.5 Å². The largest absolute Gasteiger partial charge is 0.490 e. The third-order valence-corrected chi connectivity index (χ3v) is 3.56. The third-order valence-electron chi connectivity index (χ3n) is 3.56. The van der Waals surface area contributed by atoms with E-state index in [9.17, 15) is 4.39 Å². The first kappa shape index (κ1) is 18.3. The number of hydrogen-bond donors (Lipinski definition) is 1. The molecule has 0 aliphatic carbocycles. The monoisotopic (exact) mass is 331 g/mol. The molecule has 2 rings (SSSR count). The maximum atomic E-state index is 13.8. The average molecular weight is 331 g/mol. The second-order valence-corrected chi connectivity index (χ2v) is 6.08. The van der Waals surface area contributed by atoms with Gasteiger partial charge >= 0.3 is 0 Å². The highest BCUT2D eigenvalue weighted by Crippen LogP contribution is 2.32. The van der Waals surface area contributed by atoms with Crippen molar-refractivity contribution in [1.82, 2.24) is 5.32 Å². The van der Waals surface area contributed by atoms with E-state index >= 15 is 0 Å². The number of halogens is 1. The Kier molecular flexibility index (Phi) is 7.07. The van der Waals surface area contributed by atoms with Gasteiger partial charge in [0.25, 0.3) is 0 Å². The van der Waals surface area contributed by atoms with Crippen LogP contribution in [-0.2, 0) is 13.2 Å². The molecular weight excluding hydrogens is 305 g/mol. The van der Waals surface area contributed by atoms with Gasteiger partial charge < -0.3 is 14.8 Å². The standard InChI is InChI=1S/C20H26FNO2/c1-4-23-19-11-7-9-16(13-22-12-15(2)3)20(19)24-14-17-8-5-6-10-18(17)21/h5-11,15,22H,4,12-14H2,1-3H3. The summed E-state index contributed by atoms with van der Waals surface area (Å²) in [6, 6.07) is 12.5. The molecule has 0 aliphatic heterocycles. The molecule has 0 saturated heterocycles. The van der Waals surface area contributed by atoms with E-state index in [1.54, 1.807) is 18.2 Å². The molecular formula is C20H26FNO2. The normalized spacial score (nSPS) is 10.9. The van der Waals surface area contributed by atoms with Crippen LogP contribution in [0.3, 0.4) is 0 Å². The van der Waals surface area contributed by atoms with Gasteiger partial charge in [0, 0.05) is 17.7 Å². The lowest BCUT2D eigenvalue weighted by molar-refractivity contribution is 0.262. The molecule has 0 radical (unpaired) electrons. The summed E-state index contributed by atoms with van der Waals surface area (Å²) in [5.74, 6) is 1.69. The maximum Gasteiger partial charge on any atom is 0.166 e. The number of benzene rings is 2. The van der Waals surface area contributed by atoms with E-state index in [1.807, 2.05) is 25.1 Å². The van der Waals surface area contributed by atoms with Crippen LogP contribution >= 0.6 is 0 Å². The predicted molar refractivity (Wildman–Crippen MR) is 94.9 cm³/mol. The predicted octanol–water partition coefficient (Wildman–Crippen LogP) is 4.55. The minimum Gasteiger partial charge on any atom is -0.490 e. The van der Waals surface area contributed by atoms with Gasteiger partial charge in [-0.3, -0.25) is 0 Å². The molecule has 130 valence electrons. The first-order chi connectivity index (χ1) is 11.6. The topological polar surface area (TPSA) is 30.5 Å². The molecule has 1 N–H and O–H groups in total. The van der Waals surface area contributed by atoms with Crippen LogP contribution in [0.25, 0.3) is 0 Å². The van der Waals surface area contributed by atoms with Crippen LogP contribution in [0.5, 0.6) is 11.5 Å². The molecule has 0 fully saturated rings. The number of rotatable bonds is 9. The molecule has 0 spiro atoms. The quantitative estimate of drug-likeness (QED) is 0.731. The van der Waals surface area contributed by atoms with Gasteiger partial charge in [0.15, 0.2) is 11.5 Å². The van der Waals surface area contributed by atoms with Gasteiger partial charge in [0.2, 0.25) is 0 Å². The molecule has 0 bridgehead atoms. The summed E-state index contributed by atoms with van der Waals surface area (Å²) < 4.78 is 25.4. The van der Waals surface area contributed by atoms with E-state index < -0.39 is 0 Å². The SMILES string of the molecule is CCOc1cccc(CNCC(C)C)c1OCc1ccccc1F. The Morgan fingerprint density at radius 1 is 1.00 bits per heavy atom. The molecule has 4 heteroatoms. The van der Waals surface area contributed by atoms with E-state index in [-0.39, 0.29) is 12.4 Å². The van der Waals surface area contributed by atoms with Gasteiger partial charge in [-0.1, -0.05) is 44.2 Å². The van der Waals surface area contributed by atoms with Crippen molar-refractivity contribution >= 4 is 0 Å². The lowest BCUT2D eigenvalue weighted by Gasteiger charge is -2.17. The van der Waals surface area contributed by atoms with Crippen LogP contribution in [0.2, 0.25) is 0 Å². The van der Waals surface area contributed by atoms with Gasteiger partial charge in [0.05, 0.1) is 6.61 Å². The van der Waals surface area contributed by atoms with Crippen molar-refractivity contribution in [2.24, 2.45) is 5.92 Å². The second kappa shape index (κ2) is 9.28. The van der Waals surface area contributed by atoms with E-state index in [0.29, 0.717) is 36.1 Å².